The number of hydrogen-bond acceptors (Lipinski definition) is 3. The SMILES string of the molecule is Cc1nc2ccc(CC(=O)N3CCCN(C(=O)C(C)C)CC3)cc2[nH]1. The van der Waals surface area contributed by atoms with E-state index in [4.69, 9.17) is 0 Å². The van der Waals surface area contributed by atoms with Crippen molar-refractivity contribution < 1.29 is 9.59 Å². The number of nitrogens with zero attached hydrogens (tertiary/aromatic N) is 3. The molecule has 2 aromatic rings. The van der Waals surface area contributed by atoms with Crippen LogP contribution in [0.3, 0.4) is 0 Å². The Hall–Kier alpha value is -2.37. The van der Waals surface area contributed by atoms with Crippen LogP contribution in [0.1, 0.15) is 31.7 Å². The van der Waals surface area contributed by atoms with Crippen LogP contribution in [-0.4, -0.2) is 57.8 Å². The van der Waals surface area contributed by atoms with Gasteiger partial charge in [0.1, 0.15) is 5.82 Å². The lowest BCUT2D eigenvalue weighted by molar-refractivity contribution is -0.135. The van der Waals surface area contributed by atoms with Crippen LogP contribution in [0.4, 0.5) is 0 Å². The number of aromatic amines is 1. The van der Waals surface area contributed by atoms with E-state index in [1.807, 2.05) is 48.8 Å². The minimum Gasteiger partial charge on any atom is -0.342 e. The maximum Gasteiger partial charge on any atom is 0.227 e. The summed E-state index contributed by atoms with van der Waals surface area (Å²) in [4.78, 5) is 36.2. The number of amides is 2. The molecule has 0 atom stereocenters. The number of benzene rings is 1. The third-order valence-corrected chi connectivity index (χ3v) is 4.67. The van der Waals surface area contributed by atoms with Crippen molar-refractivity contribution in [3.05, 3.63) is 29.6 Å². The normalized spacial score (nSPS) is 15.7. The fourth-order valence-electron chi connectivity index (χ4n) is 3.33. The number of hydrogen-bond donors (Lipinski definition) is 1. The second kappa shape index (κ2) is 7.25. The molecule has 0 bridgehead atoms. The molecule has 0 aliphatic carbocycles. The van der Waals surface area contributed by atoms with Crippen molar-refractivity contribution in [2.75, 3.05) is 26.2 Å². The smallest absolute Gasteiger partial charge is 0.227 e. The summed E-state index contributed by atoms with van der Waals surface area (Å²) in [6.45, 7) is 8.45. The van der Waals surface area contributed by atoms with E-state index in [2.05, 4.69) is 9.97 Å². The Balaban J connectivity index is 1.63. The van der Waals surface area contributed by atoms with Crippen LogP contribution in [0.25, 0.3) is 11.0 Å². The first-order chi connectivity index (χ1) is 11.9. The molecule has 1 aromatic heterocycles. The molecule has 6 heteroatoms. The molecule has 1 aliphatic heterocycles. The first-order valence-electron chi connectivity index (χ1n) is 8.96. The Morgan fingerprint density at radius 2 is 1.88 bits per heavy atom. The van der Waals surface area contributed by atoms with Crippen molar-refractivity contribution in [3.8, 4) is 0 Å². The monoisotopic (exact) mass is 342 g/mol. The van der Waals surface area contributed by atoms with Crippen molar-refractivity contribution in [3.63, 3.8) is 0 Å². The Labute approximate surface area is 148 Å². The fraction of sp³-hybridized carbons (Fsp3) is 0.526. The van der Waals surface area contributed by atoms with E-state index in [0.29, 0.717) is 26.1 Å². The topological polar surface area (TPSA) is 69.3 Å². The van der Waals surface area contributed by atoms with E-state index in [-0.39, 0.29) is 17.7 Å². The average Bonchev–Trinajstić information content (AvgIpc) is 2.78. The number of imidazole rings is 1. The lowest BCUT2D eigenvalue weighted by atomic mass is 10.1. The highest BCUT2D eigenvalue weighted by Crippen LogP contribution is 2.15. The van der Waals surface area contributed by atoms with Crippen molar-refractivity contribution in [1.82, 2.24) is 19.8 Å². The molecular formula is C19H26N4O2. The maximum absolute atomic E-state index is 12.7. The van der Waals surface area contributed by atoms with E-state index in [9.17, 15) is 9.59 Å². The summed E-state index contributed by atoms with van der Waals surface area (Å²) in [5, 5.41) is 0. The number of aryl methyl sites for hydroxylation is 1. The Bertz CT molecular complexity index is 781. The van der Waals surface area contributed by atoms with Crippen LogP contribution in [0.15, 0.2) is 18.2 Å². The number of nitrogens with one attached hydrogen (secondary N) is 1. The molecule has 25 heavy (non-hydrogen) atoms. The predicted molar refractivity (Wildman–Crippen MR) is 97.1 cm³/mol. The highest BCUT2D eigenvalue weighted by atomic mass is 16.2. The Morgan fingerprint density at radius 1 is 1.16 bits per heavy atom. The molecule has 2 amide bonds. The first kappa shape index (κ1) is 17.5. The molecule has 1 N–H and O–H groups in total. The van der Waals surface area contributed by atoms with Gasteiger partial charge in [-0.1, -0.05) is 19.9 Å². The largest absolute Gasteiger partial charge is 0.342 e. The average molecular weight is 342 g/mol. The minimum atomic E-state index is 0.00633. The van der Waals surface area contributed by atoms with Gasteiger partial charge in [-0.2, -0.15) is 0 Å². The molecule has 134 valence electrons. The zero-order valence-electron chi connectivity index (χ0n) is 15.2. The Kier molecular flexibility index (Phi) is 5.06. The van der Waals surface area contributed by atoms with Gasteiger partial charge in [-0.3, -0.25) is 9.59 Å². The van der Waals surface area contributed by atoms with Gasteiger partial charge >= 0.3 is 0 Å². The van der Waals surface area contributed by atoms with Crippen molar-refractivity contribution in [2.45, 2.75) is 33.6 Å². The van der Waals surface area contributed by atoms with Crippen molar-refractivity contribution in [1.29, 1.82) is 0 Å². The summed E-state index contributed by atoms with van der Waals surface area (Å²) in [6, 6.07) is 5.92. The van der Waals surface area contributed by atoms with Crippen molar-refractivity contribution in [2.24, 2.45) is 5.92 Å². The van der Waals surface area contributed by atoms with Crippen LogP contribution >= 0.6 is 0 Å². The fourth-order valence-corrected chi connectivity index (χ4v) is 3.33. The zero-order valence-corrected chi connectivity index (χ0v) is 15.2. The van der Waals surface area contributed by atoms with Gasteiger partial charge in [0.15, 0.2) is 0 Å². The van der Waals surface area contributed by atoms with Crippen LogP contribution in [0.5, 0.6) is 0 Å². The van der Waals surface area contributed by atoms with E-state index in [0.717, 1.165) is 35.4 Å². The highest BCUT2D eigenvalue weighted by molar-refractivity contribution is 5.82. The van der Waals surface area contributed by atoms with Crippen molar-refractivity contribution >= 4 is 22.8 Å². The molecule has 2 heterocycles. The molecule has 0 radical (unpaired) electrons. The molecule has 0 saturated carbocycles. The number of carbonyl (C=O) groups is 2. The first-order valence-corrected chi connectivity index (χ1v) is 8.96. The summed E-state index contributed by atoms with van der Waals surface area (Å²) >= 11 is 0. The molecule has 0 spiro atoms. The number of aromatic nitrogens is 2. The van der Waals surface area contributed by atoms with Gasteiger partial charge in [0.2, 0.25) is 11.8 Å². The number of carbonyl (C=O) groups excluding carboxylic acids is 2. The van der Waals surface area contributed by atoms with E-state index >= 15 is 0 Å². The van der Waals surface area contributed by atoms with Crippen LogP contribution in [0, 0.1) is 12.8 Å². The van der Waals surface area contributed by atoms with Gasteiger partial charge in [0, 0.05) is 32.1 Å². The minimum absolute atomic E-state index is 0.00633. The third kappa shape index (κ3) is 4.00. The second-order valence-corrected chi connectivity index (χ2v) is 7.06. The molecule has 1 aliphatic rings. The number of fused-ring (bicyclic) bond motifs is 1. The predicted octanol–water partition coefficient (Wildman–Crippen LogP) is 2.13. The van der Waals surface area contributed by atoms with E-state index in [1.165, 1.54) is 0 Å². The van der Waals surface area contributed by atoms with Crippen LogP contribution < -0.4 is 0 Å². The van der Waals surface area contributed by atoms with Gasteiger partial charge in [0.05, 0.1) is 17.5 Å². The van der Waals surface area contributed by atoms with Gasteiger partial charge in [0.25, 0.3) is 0 Å². The molecular weight excluding hydrogens is 316 g/mol. The van der Waals surface area contributed by atoms with E-state index < -0.39 is 0 Å². The lowest BCUT2D eigenvalue weighted by Crippen LogP contribution is -2.39. The third-order valence-electron chi connectivity index (χ3n) is 4.67. The molecule has 0 unspecified atom stereocenters. The quantitative estimate of drug-likeness (QED) is 0.929. The Morgan fingerprint density at radius 3 is 2.64 bits per heavy atom. The van der Waals surface area contributed by atoms with Gasteiger partial charge in [-0.05, 0) is 31.0 Å². The van der Waals surface area contributed by atoms with Crippen LogP contribution in [0.2, 0.25) is 0 Å². The van der Waals surface area contributed by atoms with Gasteiger partial charge in [-0.15, -0.1) is 0 Å². The van der Waals surface area contributed by atoms with Gasteiger partial charge < -0.3 is 14.8 Å². The summed E-state index contributed by atoms with van der Waals surface area (Å²) in [6.07, 6.45) is 1.22. The zero-order chi connectivity index (χ0) is 18.0. The highest BCUT2D eigenvalue weighted by Gasteiger charge is 2.23. The van der Waals surface area contributed by atoms with E-state index in [1.54, 1.807) is 0 Å². The standard InChI is InChI=1S/C19H26N4O2/c1-13(2)19(25)23-8-4-7-22(9-10-23)18(24)12-15-5-6-16-17(11-15)21-14(3)20-16/h5-6,11,13H,4,7-10,12H2,1-3H3,(H,20,21). The molecule has 6 nitrogen and oxygen atoms in total. The summed E-state index contributed by atoms with van der Waals surface area (Å²) in [7, 11) is 0. The summed E-state index contributed by atoms with van der Waals surface area (Å²) < 4.78 is 0. The molecule has 1 fully saturated rings. The van der Waals surface area contributed by atoms with Gasteiger partial charge in [-0.25, -0.2) is 4.98 Å². The molecule has 3 rings (SSSR count). The summed E-state index contributed by atoms with van der Waals surface area (Å²) in [5.74, 6) is 1.18. The number of rotatable bonds is 3. The number of H-pyrrole nitrogens is 1. The summed E-state index contributed by atoms with van der Waals surface area (Å²) in [5.41, 5.74) is 2.87. The lowest BCUT2D eigenvalue weighted by Gasteiger charge is -2.23. The second-order valence-electron chi connectivity index (χ2n) is 7.06. The molecule has 1 aromatic carbocycles. The maximum atomic E-state index is 12.7. The molecule has 1 saturated heterocycles. The van der Waals surface area contributed by atoms with Crippen LogP contribution in [-0.2, 0) is 16.0 Å².